The first-order valence-corrected chi connectivity index (χ1v) is 11.1. The fourth-order valence-corrected chi connectivity index (χ4v) is 3.86. The van der Waals surface area contributed by atoms with Crippen LogP contribution in [0.1, 0.15) is 57.4 Å². The van der Waals surface area contributed by atoms with Gasteiger partial charge in [0.1, 0.15) is 0 Å². The second-order valence-electron chi connectivity index (χ2n) is 7.80. The average molecular weight is 525 g/mol. The highest BCUT2D eigenvalue weighted by Crippen LogP contribution is 2.19. The molecule has 0 unspecified atom stereocenters. The third-order valence-corrected chi connectivity index (χ3v) is 5.46. The topological polar surface area (TPSA) is 68.8 Å². The Labute approximate surface area is 198 Å². The lowest BCUT2D eigenvalue weighted by Gasteiger charge is -2.16. The van der Waals surface area contributed by atoms with Crippen molar-refractivity contribution in [2.45, 2.75) is 58.4 Å². The van der Waals surface area contributed by atoms with E-state index in [1.165, 1.54) is 25.7 Å². The molecule has 2 aliphatic rings. The molecule has 1 heterocycles. The van der Waals surface area contributed by atoms with Gasteiger partial charge in [0.25, 0.3) is 0 Å². The summed E-state index contributed by atoms with van der Waals surface area (Å²) in [5.74, 6) is 0.843. The SMILES string of the molecule is CCNC(=NCc1cccc(NC(=O)N2CCCC2)c1)NCCC1=CCCCC1.I. The Morgan fingerprint density at radius 1 is 1.13 bits per heavy atom. The number of guanidine groups is 1. The lowest BCUT2D eigenvalue weighted by atomic mass is 9.97. The minimum Gasteiger partial charge on any atom is -0.357 e. The van der Waals surface area contributed by atoms with E-state index in [2.05, 4.69) is 29.0 Å². The largest absolute Gasteiger partial charge is 0.357 e. The molecule has 1 aliphatic carbocycles. The summed E-state index contributed by atoms with van der Waals surface area (Å²) in [6.07, 6.45) is 10.8. The minimum absolute atomic E-state index is 0. The van der Waals surface area contributed by atoms with Gasteiger partial charge < -0.3 is 20.9 Å². The summed E-state index contributed by atoms with van der Waals surface area (Å²) < 4.78 is 0. The number of hydrogen-bond acceptors (Lipinski definition) is 2. The van der Waals surface area contributed by atoms with Crippen LogP contribution in [0.25, 0.3) is 0 Å². The zero-order valence-corrected chi connectivity index (χ0v) is 20.4. The molecular weight excluding hydrogens is 489 g/mol. The van der Waals surface area contributed by atoms with Crippen LogP contribution in [0, 0.1) is 0 Å². The lowest BCUT2D eigenvalue weighted by Crippen LogP contribution is -2.37. The first-order valence-electron chi connectivity index (χ1n) is 11.1. The van der Waals surface area contributed by atoms with Crippen LogP contribution < -0.4 is 16.0 Å². The molecule has 30 heavy (non-hydrogen) atoms. The Kier molecular flexibility index (Phi) is 11.0. The maximum atomic E-state index is 12.3. The van der Waals surface area contributed by atoms with Crippen LogP contribution in [-0.4, -0.2) is 43.1 Å². The van der Waals surface area contributed by atoms with E-state index < -0.39 is 0 Å². The van der Waals surface area contributed by atoms with E-state index in [0.717, 1.165) is 62.7 Å². The Morgan fingerprint density at radius 3 is 2.70 bits per heavy atom. The fourth-order valence-electron chi connectivity index (χ4n) is 3.86. The van der Waals surface area contributed by atoms with Crippen LogP contribution in [-0.2, 0) is 6.54 Å². The Hall–Kier alpha value is -1.77. The van der Waals surface area contributed by atoms with Crippen molar-refractivity contribution in [3.05, 3.63) is 41.5 Å². The number of carbonyl (C=O) groups is 1. The molecule has 1 aromatic rings. The van der Waals surface area contributed by atoms with Gasteiger partial charge >= 0.3 is 6.03 Å². The van der Waals surface area contributed by atoms with Crippen LogP contribution in [0.15, 0.2) is 40.9 Å². The van der Waals surface area contributed by atoms with Gasteiger partial charge in [-0.25, -0.2) is 9.79 Å². The third-order valence-electron chi connectivity index (χ3n) is 5.46. The molecule has 3 N–H and O–H groups in total. The Bertz CT molecular complexity index is 728. The van der Waals surface area contributed by atoms with Gasteiger partial charge in [-0.1, -0.05) is 23.8 Å². The van der Waals surface area contributed by atoms with Crippen molar-refractivity contribution >= 4 is 41.7 Å². The Balaban J connectivity index is 0.00000320. The van der Waals surface area contributed by atoms with Crippen LogP contribution >= 0.6 is 24.0 Å². The van der Waals surface area contributed by atoms with Crippen LogP contribution in [0.4, 0.5) is 10.5 Å². The summed E-state index contributed by atoms with van der Waals surface area (Å²) in [6, 6.07) is 7.96. The first kappa shape index (κ1) is 24.5. The molecule has 0 bridgehead atoms. The quantitative estimate of drug-likeness (QED) is 0.206. The predicted octanol–water partition coefficient (Wildman–Crippen LogP) is 4.88. The number of likely N-dealkylation sites (tertiary alicyclic amines) is 1. The van der Waals surface area contributed by atoms with E-state index in [9.17, 15) is 4.79 Å². The molecule has 2 amide bonds. The van der Waals surface area contributed by atoms with Gasteiger partial charge in [-0.3, -0.25) is 0 Å². The maximum absolute atomic E-state index is 12.3. The highest BCUT2D eigenvalue weighted by molar-refractivity contribution is 14.0. The maximum Gasteiger partial charge on any atom is 0.321 e. The molecule has 6 nitrogen and oxygen atoms in total. The fraction of sp³-hybridized carbons (Fsp3) is 0.565. The molecule has 1 aromatic carbocycles. The van der Waals surface area contributed by atoms with Gasteiger partial charge in [0.2, 0.25) is 0 Å². The van der Waals surface area contributed by atoms with Crippen LogP contribution in [0.2, 0.25) is 0 Å². The van der Waals surface area contributed by atoms with Crippen molar-refractivity contribution in [1.82, 2.24) is 15.5 Å². The minimum atomic E-state index is -0.00447. The summed E-state index contributed by atoms with van der Waals surface area (Å²) >= 11 is 0. The first-order chi connectivity index (χ1) is 14.2. The molecule has 7 heteroatoms. The van der Waals surface area contributed by atoms with Gasteiger partial charge in [-0.15, -0.1) is 24.0 Å². The van der Waals surface area contributed by atoms with Gasteiger partial charge in [-0.2, -0.15) is 0 Å². The molecule has 1 saturated heterocycles. The zero-order valence-electron chi connectivity index (χ0n) is 18.1. The molecule has 0 atom stereocenters. The number of benzene rings is 1. The van der Waals surface area contributed by atoms with Crippen molar-refractivity contribution in [1.29, 1.82) is 0 Å². The number of rotatable bonds is 7. The number of urea groups is 1. The van der Waals surface area contributed by atoms with Crippen molar-refractivity contribution in [3.63, 3.8) is 0 Å². The van der Waals surface area contributed by atoms with Crippen molar-refractivity contribution in [2.75, 3.05) is 31.5 Å². The molecular formula is C23H36IN5O. The van der Waals surface area contributed by atoms with E-state index in [4.69, 9.17) is 4.99 Å². The molecule has 1 aliphatic heterocycles. The molecule has 0 saturated carbocycles. The smallest absolute Gasteiger partial charge is 0.321 e. The molecule has 166 valence electrons. The summed E-state index contributed by atoms with van der Waals surface area (Å²) in [4.78, 5) is 18.9. The number of hydrogen-bond donors (Lipinski definition) is 3. The van der Waals surface area contributed by atoms with Gasteiger partial charge in [-0.05, 0) is 69.6 Å². The molecule has 3 rings (SSSR count). The predicted molar refractivity (Wildman–Crippen MR) is 136 cm³/mol. The zero-order chi connectivity index (χ0) is 20.3. The number of halogens is 1. The number of amides is 2. The summed E-state index contributed by atoms with van der Waals surface area (Å²) in [5.41, 5.74) is 3.48. The van der Waals surface area contributed by atoms with Crippen molar-refractivity contribution in [3.8, 4) is 0 Å². The monoisotopic (exact) mass is 525 g/mol. The van der Waals surface area contributed by atoms with Crippen LogP contribution in [0.5, 0.6) is 0 Å². The Morgan fingerprint density at radius 2 is 1.97 bits per heavy atom. The van der Waals surface area contributed by atoms with Crippen molar-refractivity contribution < 1.29 is 4.79 Å². The number of carbonyl (C=O) groups excluding carboxylic acids is 1. The van der Waals surface area contributed by atoms with Crippen LogP contribution in [0.3, 0.4) is 0 Å². The summed E-state index contributed by atoms with van der Waals surface area (Å²) in [5, 5.41) is 9.77. The highest BCUT2D eigenvalue weighted by Gasteiger charge is 2.17. The highest BCUT2D eigenvalue weighted by atomic mass is 127. The normalized spacial score (nSPS) is 16.5. The standard InChI is InChI=1S/C23H35N5O.HI/c1-2-24-22(25-14-13-19-9-4-3-5-10-19)26-18-20-11-8-12-21(17-20)27-23(29)28-15-6-7-16-28;/h8-9,11-12,17H,2-7,10,13-16,18H2,1H3,(H,27,29)(H2,24,25,26);1H. The van der Waals surface area contributed by atoms with Gasteiger partial charge in [0, 0.05) is 31.9 Å². The van der Waals surface area contributed by atoms with E-state index in [0.29, 0.717) is 6.54 Å². The number of nitrogens with zero attached hydrogens (tertiary/aromatic N) is 2. The van der Waals surface area contributed by atoms with E-state index in [-0.39, 0.29) is 30.0 Å². The molecule has 1 fully saturated rings. The molecule has 0 radical (unpaired) electrons. The van der Waals surface area contributed by atoms with Gasteiger partial charge in [0.15, 0.2) is 5.96 Å². The lowest BCUT2D eigenvalue weighted by molar-refractivity contribution is 0.222. The third kappa shape index (κ3) is 8.16. The summed E-state index contributed by atoms with van der Waals surface area (Å²) in [6.45, 7) is 6.10. The van der Waals surface area contributed by atoms with E-state index >= 15 is 0 Å². The molecule has 0 aromatic heterocycles. The van der Waals surface area contributed by atoms with Crippen molar-refractivity contribution in [2.24, 2.45) is 4.99 Å². The second kappa shape index (κ2) is 13.5. The van der Waals surface area contributed by atoms with E-state index in [1.807, 2.05) is 29.2 Å². The number of allylic oxidation sites excluding steroid dienone is 1. The number of aliphatic imine (C=N–C) groups is 1. The number of anilines is 1. The van der Waals surface area contributed by atoms with E-state index in [1.54, 1.807) is 5.57 Å². The second-order valence-corrected chi connectivity index (χ2v) is 7.80. The van der Waals surface area contributed by atoms with Gasteiger partial charge in [0.05, 0.1) is 6.54 Å². The molecule has 0 spiro atoms. The number of nitrogens with one attached hydrogen (secondary N) is 3. The summed E-state index contributed by atoms with van der Waals surface area (Å²) in [7, 11) is 0. The average Bonchev–Trinajstić information content (AvgIpc) is 3.28.